The topological polar surface area (TPSA) is 35.2 Å². The summed E-state index contributed by atoms with van der Waals surface area (Å²) in [4.78, 5) is 0. The van der Waals surface area contributed by atoms with Crippen molar-refractivity contribution in [3.05, 3.63) is 28.8 Å². The number of aryl methyl sites for hydroxylation is 1. The van der Waals surface area contributed by atoms with E-state index in [1.54, 1.807) is 7.11 Å². The first-order chi connectivity index (χ1) is 8.28. The van der Waals surface area contributed by atoms with E-state index in [1.165, 1.54) is 23.1 Å². The highest BCUT2D eigenvalue weighted by Crippen LogP contribution is 2.43. The van der Waals surface area contributed by atoms with E-state index in [9.17, 15) is 0 Å². The summed E-state index contributed by atoms with van der Waals surface area (Å²) < 4.78 is 5.58. The number of methoxy groups -OCH3 is 1. The molecule has 2 rings (SSSR count). The summed E-state index contributed by atoms with van der Waals surface area (Å²) in [6, 6.07) is 4.41. The molecule has 1 aromatic rings. The van der Waals surface area contributed by atoms with Crippen LogP contribution in [0.15, 0.2) is 12.1 Å². The van der Waals surface area contributed by atoms with E-state index in [-0.39, 0.29) is 11.0 Å². The van der Waals surface area contributed by atoms with Crippen LogP contribution in [-0.2, 0) is 11.0 Å². The van der Waals surface area contributed by atoms with Gasteiger partial charge in [0.25, 0.3) is 0 Å². The first-order valence-electron chi connectivity index (χ1n) is 6.76. The minimum Gasteiger partial charge on any atom is -0.496 e. The smallest absolute Gasteiger partial charge is 0.122 e. The molecule has 0 spiro atoms. The van der Waals surface area contributed by atoms with E-state index >= 15 is 0 Å². The van der Waals surface area contributed by atoms with Crippen molar-refractivity contribution in [2.45, 2.75) is 57.9 Å². The van der Waals surface area contributed by atoms with Gasteiger partial charge in [0.2, 0.25) is 0 Å². The summed E-state index contributed by atoms with van der Waals surface area (Å²) in [5.41, 5.74) is 10.2. The molecule has 1 aromatic carbocycles. The van der Waals surface area contributed by atoms with Crippen LogP contribution in [0.4, 0.5) is 0 Å². The zero-order valence-electron chi connectivity index (χ0n) is 12.3. The molecule has 0 aromatic heterocycles. The summed E-state index contributed by atoms with van der Waals surface area (Å²) in [6.07, 6.45) is 3.41. The van der Waals surface area contributed by atoms with Crippen molar-refractivity contribution in [2.75, 3.05) is 7.11 Å². The van der Waals surface area contributed by atoms with Gasteiger partial charge >= 0.3 is 0 Å². The van der Waals surface area contributed by atoms with Gasteiger partial charge in [-0.15, -0.1) is 0 Å². The van der Waals surface area contributed by atoms with Crippen molar-refractivity contribution in [3.63, 3.8) is 0 Å². The molecule has 1 aliphatic carbocycles. The van der Waals surface area contributed by atoms with Crippen LogP contribution >= 0.6 is 0 Å². The number of nitrogens with two attached hydrogens (primary N) is 1. The quantitative estimate of drug-likeness (QED) is 0.866. The van der Waals surface area contributed by atoms with E-state index in [2.05, 4.69) is 39.8 Å². The minimum atomic E-state index is -0.117. The lowest BCUT2D eigenvalue weighted by Crippen LogP contribution is -2.44. The lowest BCUT2D eigenvalue weighted by molar-refractivity contribution is 0.251. The molecular formula is C16H25NO. The molecule has 1 saturated carbocycles. The Balaban J connectivity index is 2.53. The van der Waals surface area contributed by atoms with Gasteiger partial charge in [-0.1, -0.05) is 26.8 Å². The average molecular weight is 247 g/mol. The van der Waals surface area contributed by atoms with Crippen LogP contribution in [-0.4, -0.2) is 7.11 Å². The molecule has 2 heteroatoms. The summed E-state index contributed by atoms with van der Waals surface area (Å²) in [7, 11) is 1.74. The fourth-order valence-corrected chi connectivity index (χ4v) is 2.81. The predicted octanol–water partition coefficient (Wildman–Crippen LogP) is 3.64. The van der Waals surface area contributed by atoms with Gasteiger partial charge in [-0.25, -0.2) is 0 Å². The van der Waals surface area contributed by atoms with E-state index in [0.29, 0.717) is 0 Å². The average Bonchev–Trinajstić information content (AvgIpc) is 2.24. The lowest BCUT2D eigenvalue weighted by Gasteiger charge is -2.40. The number of rotatable bonds is 2. The third-order valence-electron chi connectivity index (χ3n) is 4.14. The molecule has 0 amide bonds. The molecule has 2 N–H and O–H groups in total. The molecule has 0 aliphatic heterocycles. The zero-order valence-corrected chi connectivity index (χ0v) is 12.3. The Morgan fingerprint density at radius 1 is 1.22 bits per heavy atom. The highest BCUT2D eigenvalue weighted by Gasteiger charge is 2.36. The van der Waals surface area contributed by atoms with Crippen LogP contribution < -0.4 is 10.5 Å². The second-order valence-corrected chi connectivity index (χ2v) is 6.63. The summed E-state index contributed by atoms with van der Waals surface area (Å²) in [5.74, 6) is 0.972. The maximum absolute atomic E-state index is 6.45. The number of hydrogen-bond donors (Lipinski definition) is 1. The standard InChI is InChI=1S/C16H25NO/c1-11-9-13(15(2,3)4)14(18-5)10-12(11)16(17)7-6-8-16/h9-10H,6-8,17H2,1-5H3. The molecule has 0 bridgehead atoms. The van der Waals surface area contributed by atoms with E-state index in [0.717, 1.165) is 18.6 Å². The van der Waals surface area contributed by atoms with Crippen molar-refractivity contribution in [2.24, 2.45) is 5.73 Å². The van der Waals surface area contributed by atoms with Crippen LogP contribution in [0, 0.1) is 6.92 Å². The first kappa shape index (κ1) is 13.4. The fraction of sp³-hybridized carbons (Fsp3) is 0.625. The zero-order chi connectivity index (χ0) is 13.6. The minimum absolute atomic E-state index is 0.0933. The Morgan fingerprint density at radius 2 is 1.83 bits per heavy atom. The van der Waals surface area contributed by atoms with Crippen molar-refractivity contribution in [1.82, 2.24) is 0 Å². The molecule has 0 atom stereocenters. The van der Waals surface area contributed by atoms with Crippen molar-refractivity contribution in [1.29, 1.82) is 0 Å². The highest BCUT2D eigenvalue weighted by molar-refractivity contribution is 5.48. The molecule has 1 aliphatic rings. The third-order valence-corrected chi connectivity index (χ3v) is 4.14. The molecule has 0 unspecified atom stereocenters. The maximum Gasteiger partial charge on any atom is 0.122 e. The third kappa shape index (κ3) is 2.14. The molecule has 0 radical (unpaired) electrons. The number of hydrogen-bond acceptors (Lipinski definition) is 2. The van der Waals surface area contributed by atoms with Gasteiger partial charge in [0, 0.05) is 5.54 Å². The largest absolute Gasteiger partial charge is 0.496 e. The molecule has 0 saturated heterocycles. The summed E-state index contributed by atoms with van der Waals surface area (Å²) >= 11 is 0. The van der Waals surface area contributed by atoms with Crippen molar-refractivity contribution in [3.8, 4) is 5.75 Å². The summed E-state index contributed by atoms with van der Waals surface area (Å²) in [5, 5.41) is 0. The van der Waals surface area contributed by atoms with E-state index in [4.69, 9.17) is 10.5 Å². The van der Waals surface area contributed by atoms with Gasteiger partial charge in [0.05, 0.1) is 7.11 Å². The van der Waals surface area contributed by atoms with Crippen molar-refractivity contribution >= 4 is 0 Å². The fourth-order valence-electron chi connectivity index (χ4n) is 2.81. The Labute approximate surface area is 111 Å². The monoisotopic (exact) mass is 247 g/mol. The maximum atomic E-state index is 6.45. The van der Waals surface area contributed by atoms with Crippen LogP contribution in [0.1, 0.15) is 56.7 Å². The lowest BCUT2D eigenvalue weighted by atomic mass is 9.70. The molecule has 100 valence electrons. The molecule has 18 heavy (non-hydrogen) atoms. The van der Waals surface area contributed by atoms with Gasteiger partial charge in [0.1, 0.15) is 5.75 Å². The second-order valence-electron chi connectivity index (χ2n) is 6.63. The van der Waals surface area contributed by atoms with Crippen LogP contribution in [0.5, 0.6) is 5.75 Å². The van der Waals surface area contributed by atoms with Gasteiger partial charge in [-0.2, -0.15) is 0 Å². The van der Waals surface area contributed by atoms with Gasteiger partial charge in [0.15, 0.2) is 0 Å². The molecule has 1 fully saturated rings. The van der Waals surface area contributed by atoms with Gasteiger partial charge in [-0.3, -0.25) is 0 Å². The first-order valence-corrected chi connectivity index (χ1v) is 6.76. The Hall–Kier alpha value is -1.02. The van der Waals surface area contributed by atoms with E-state index in [1.807, 2.05) is 0 Å². The number of ether oxygens (including phenoxy) is 1. The predicted molar refractivity (Wildman–Crippen MR) is 76.1 cm³/mol. The highest BCUT2D eigenvalue weighted by atomic mass is 16.5. The van der Waals surface area contributed by atoms with Crippen LogP contribution in [0.3, 0.4) is 0 Å². The Morgan fingerprint density at radius 3 is 2.22 bits per heavy atom. The molecular weight excluding hydrogens is 222 g/mol. The Bertz CT molecular complexity index is 453. The second kappa shape index (κ2) is 4.27. The summed E-state index contributed by atoms with van der Waals surface area (Å²) in [6.45, 7) is 8.81. The number of benzene rings is 1. The SMILES string of the molecule is COc1cc(C2(N)CCC2)c(C)cc1C(C)(C)C. The van der Waals surface area contributed by atoms with Gasteiger partial charge < -0.3 is 10.5 Å². The van der Waals surface area contributed by atoms with E-state index < -0.39 is 0 Å². The molecule has 2 nitrogen and oxygen atoms in total. The molecule has 0 heterocycles. The Kier molecular flexibility index (Phi) is 3.18. The normalized spacial score (nSPS) is 18.3. The van der Waals surface area contributed by atoms with Crippen LogP contribution in [0.25, 0.3) is 0 Å². The van der Waals surface area contributed by atoms with Crippen LogP contribution in [0.2, 0.25) is 0 Å². The van der Waals surface area contributed by atoms with Crippen molar-refractivity contribution < 1.29 is 4.74 Å². The van der Waals surface area contributed by atoms with Gasteiger partial charge in [-0.05, 0) is 54.4 Å².